The third kappa shape index (κ3) is 10.4. The molecule has 0 unspecified atom stereocenters. The van der Waals surface area contributed by atoms with Crippen LogP contribution in [0.5, 0.6) is 0 Å². The van der Waals surface area contributed by atoms with Gasteiger partial charge >= 0.3 is 0 Å². The molecule has 0 saturated carbocycles. The Balaban J connectivity index is 0. The monoisotopic (exact) mass is 387 g/mol. The highest BCUT2D eigenvalue weighted by atomic mass is 127. The van der Waals surface area contributed by atoms with Crippen LogP contribution in [0.2, 0.25) is 0 Å². The summed E-state index contributed by atoms with van der Waals surface area (Å²) in [5.74, 6) is 0.734. The van der Waals surface area contributed by atoms with Gasteiger partial charge in [0.15, 0.2) is 5.96 Å². The molecular weight excluding hydrogens is 357 g/mol. The summed E-state index contributed by atoms with van der Waals surface area (Å²) < 4.78 is 5.26. The van der Waals surface area contributed by atoms with Crippen LogP contribution in [0.25, 0.3) is 0 Å². The van der Waals surface area contributed by atoms with Crippen LogP contribution >= 0.6 is 24.0 Å². The molecule has 0 fully saturated rings. The van der Waals surface area contributed by atoms with Gasteiger partial charge in [-0.15, -0.1) is 24.0 Å². The van der Waals surface area contributed by atoms with E-state index in [1.807, 2.05) is 27.7 Å². The van der Waals surface area contributed by atoms with E-state index in [1.54, 1.807) is 0 Å². The Hall–Kier alpha value is -0.0800. The lowest BCUT2D eigenvalue weighted by molar-refractivity contribution is 0.0418. The van der Waals surface area contributed by atoms with Crippen molar-refractivity contribution in [2.45, 2.75) is 46.1 Å². The maximum absolute atomic E-state index is 10.2. The predicted molar refractivity (Wildman–Crippen MR) is 91.4 cm³/mol. The van der Waals surface area contributed by atoms with Crippen LogP contribution < -0.4 is 10.6 Å². The van der Waals surface area contributed by atoms with Crippen molar-refractivity contribution in [1.29, 1.82) is 0 Å². The molecule has 0 aliphatic rings. The van der Waals surface area contributed by atoms with Gasteiger partial charge in [-0.05, 0) is 26.7 Å². The average molecular weight is 387 g/mol. The van der Waals surface area contributed by atoms with Gasteiger partial charge in [-0.2, -0.15) is 0 Å². The summed E-state index contributed by atoms with van der Waals surface area (Å²) in [5, 5.41) is 16.5. The number of guanidine groups is 1. The van der Waals surface area contributed by atoms with E-state index in [0.717, 1.165) is 25.7 Å². The number of hydrogen-bond acceptors (Lipinski definition) is 3. The van der Waals surface area contributed by atoms with Gasteiger partial charge in [0, 0.05) is 19.7 Å². The molecule has 0 spiro atoms. The molecule has 0 aromatic carbocycles. The minimum Gasteiger partial charge on any atom is -0.388 e. The third-order valence-electron chi connectivity index (χ3n) is 2.93. The Bertz CT molecular complexity index is 234. The standard InChI is InChI=1S/C13H29N3O2.HI/c1-5-13(17,6-2)11-16-12(14-7-3)15-9-10-18-8-4;/h17H,5-11H2,1-4H3,(H2,14,15,16);1H. The van der Waals surface area contributed by atoms with Crippen LogP contribution in [0, 0.1) is 0 Å². The Kier molecular flexibility index (Phi) is 14.4. The molecule has 0 aromatic rings. The number of ether oxygens (including phenoxy) is 1. The van der Waals surface area contributed by atoms with Crippen molar-refractivity contribution in [2.24, 2.45) is 4.99 Å². The second kappa shape index (κ2) is 12.9. The second-order valence-corrected chi connectivity index (χ2v) is 4.25. The van der Waals surface area contributed by atoms with Crippen molar-refractivity contribution in [3.05, 3.63) is 0 Å². The molecule has 0 saturated heterocycles. The molecule has 0 amide bonds. The lowest BCUT2D eigenvalue weighted by atomic mass is 9.98. The zero-order chi connectivity index (χ0) is 13.9. The van der Waals surface area contributed by atoms with Crippen LogP contribution in [-0.2, 0) is 4.74 Å². The normalized spacial score (nSPS) is 11.9. The van der Waals surface area contributed by atoms with E-state index < -0.39 is 5.60 Å². The fourth-order valence-corrected chi connectivity index (χ4v) is 1.43. The molecule has 0 radical (unpaired) electrons. The van der Waals surface area contributed by atoms with Crippen LogP contribution in [-0.4, -0.2) is 49.5 Å². The molecule has 0 aliphatic carbocycles. The molecule has 0 aromatic heterocycles. The van der Waals surface area contributed by atoms with Crippen molar-refractivity contribution >= 4 is 29.9 Å². The highest BCUT2D eigenvalue weighted by Gasteiger charge is 2.21. The molecule has 0 atom stereocenters. The lowest BCUT2D eigenvalue weighted by Crippen LogP contribution is -2.41. The zero-order valence-electron chi connectivity index (χ0n) is 12.7. The van der Waals surface area contributed by atoms with E-state index in [4.69, 9.17) is 4.74 Å². The highest BCUT2D eigenvalue weighted by Crippen LogP contribution is 2.14. The van der Waals surface area contributed by atoms with E-state index in [2.05, 4.69) is 15.6 Å². The largest absolute Gasteiger partial charge is 0.388 e. The minimum atomic E-state index is -0.692. The van der Waals surface area contributed by atoms with Gasteiger partial charge < -0.3 is 20.5 Å². The van der Waals surface area contributed by atoms with E-state index >= 15 is 0 Å². The first-order chi connectivity index (χ1) is 8.61. The Morgan fingerprint density at radius 1 is 1.16 bits per heavy atom. The second-order valence-electron chi connectivity index (χ2n) is 4.25. The van der Waals surface area contributed by atoms with Crippen molar-refractivity contribution < 1.29 is 9.84 Å². The smallest absolute Gasteiger partial charge is 0.191 e. The van der Waals surface area contributed by atoms with Crippen LogP contribution in [0.4, 0.5) is 0 Å². The Morgan fingerprint density at radius 3 is 2.26 bits per heavy atom. The molecule has 0 heterocycles. The summed E-state index contributed by atoms with van der Waals surface area (Å²) in [4.78, 5) is 4.41. The first kappa shape index (κ1) is 21.2. The van der Waals surface area contributed by atoms with Gasteiger partial charge in [-0.1, -0.05) is 13.8 Å². The molecule has 19 heavy (non-hydrogen) atoms. The van der Waals surface area contributed by atoms with Crippen LogP contribution in [0.3, 0.4) is 0 Å². The van der Waals surface area contributed by atoms with Gasteiger partial charge in [-0.25, -0.2) is 0 Å². The Labute approximate surface area is 134 Å². The van der Waals surface area contributed by atoms with E-state index in [0.29, 0.717) is 26.0 Å². The van der Waals surface area contributed by atoms with Crippen molar-refractivity contribution in [1.82, 2.24) is 10.6 Å². The molecule has 0 aliphatic heterocycles. The molecule has 0 rings (SSSR count). The van der Waals surface area contributed by atoms with Crippen molar-refractivity contribution in [3.8, 4) is 0 Å². The van der Waals surface area contributed by atoms with E-state index in [1.165, 1.54) is 0 Å². The Morgan fingerprint density at radius 2 is 1.79 bits per heavy atom. The maximum atomic E-state index is 10.2. The van der Waals surface area contributed by atoms with Crippen molar-refractivity contribution in [3.63, 3.8) is 0 Å². The molecule has 3 N–H and O–H groups in total. The molecular formula is C13H30IN3O2. The summed E-state index contributed by atoms with van der Waals surface area (Å²) >= 11 is 0. The van der Waals surface area contributed by atoms with Crippen LogP contribution in [0.15, 0.2) is 4.99 Å². The number of nitrogens with one attached hydrogen (secondary N) is 2. The quantitative estimate of drug-likeness (QED) is 0.244. The molecule has 6 heteroatoms. The summed E-state index contributed by atoms with van der Waals surface area (Å²) in [6.45, 7) is 11.3. The number of aliphatic hydroxyl groups is 1. The first-order valence-corrected chi connectivity index (χ1v) is 6.94. The number of hydrogen-bond donors (Lipinski definition) is 3. The predicted octanol–water partition coefficient (Wildman–Crippen LogP) is 1.75. The van der Waals surface area contributed by atoms with E-state index in [9.17, 15) is 5.11 Å². The minimum absolute atomic E-state index is 0. The third-order valence-corrected chi connectivity index (χ3v) is 2.93. The summed E-state index contributed by atoms with van der Waals surface area (Å²) in [6, 6.07) is 0. The maximum Gasteiger partial charge on any atom is 0.191 e. The van der Waals surface area contributed by atoms with Gasteiger partial charge in [0.25, 0.3) is 0 Å². The van der Waals surface area contributed by atoms with Gasteiger partial charge in [0.05, 0.1) is 18.8 Å². The molecule has 116 valence electrons. The first-order valence-electron chi connectivity index (χ1n) is 6.94. The SMILES string of the molecule is CCNC(=NCC(O)(CC)CC)NCCOCC.I. The van der Waals surface area contributed by atoms with Gasteiger partial charge in [-0.3, -0.25) is 4.99 Å². The fraction of sp³-hybridized carbons (Fsp3) is 0.923. The van der Waals surface area contributed by atoms with Crippen molar-refractivity contribution in [2.75, 3.05) is 32.8 Å². The number of halogens is 1. The summed E-state index contributed by atoms with van der Waals surface area (Å²) in [6.07, 6.45) is 1.43. The summed E-state index contributed by atoms with van der Waals surface area (Å²) in [7, 11) is 0. The lowest BCUT2D eigenvalue weighted by Gasteiger charge is -2.23. The topological polar surface area (TPSA) is 65.9 Å². The number of aliphatic imine (C=N–C) groups is 1. The molecule has 0 bridgehead atoms. The average Bonchev–Trinajstić information content (AvgIpc) is 2.40. The number of nitrogens with zero attached hydrogens (tertiary/aromatic N) is 1. The zero-order valence-corrected chi connectivity index (χ0v) is 15.0. The van der Waals surface area contributed by atoms with E-state index in [-0.39, 0.29) is 24.0 Å². The fourth-order valence-electron chi connectivity index (χ4n) is 1.43. The summed E-state index contributed by atoms with van der Waals surface area (Å²) in [5.41, 5.74) is -0.692. The van der Waals surface area contributed by atoms with Gasteiger partial charge in [0.2, 0.25) is 0 Å². The molecule has 5 nitrogen and oxygen atoms in total. The van der Waals surface area contributed by atoms with Crippen LogP contribution in [0.1, 0.15) is 40.5 Å². The number of rotatable bonds is 9. The highest BCUT2D eigenvalue weighted by molar-refractivity contribution is 14.0. The van der Waals surface area contributed by atoms with Gasteiger partial charge in [0.1, 0.15) is 0 Å².